The van der Waals surface area contributed by atoms with Crippen molar-refractivity contribution in [3.63, 3.8) is 0 Å². The Kier molecular flexibility index (Phi) is 7.01. The number of hydrogen-bond acceptors (Lipinski definition) is 4. The molecule has 0 bridgehead atoms. The molecule has 1 aromatic carbocycles. The fraction of sp³-hybridized carbons (Fsp3) is 0.368. The van der Waals surface area contributed by atoms with Crippen LogP contribution in [0.4, 0.5) is 0 Å². The van der Waals surface area contributed by atoms with Crippen molar-refractivity contribution in [3.05, 3.63) is 52.2 Å². The van der Waals surface area contributed by atoms with Gasteiger partial charge in [0.05, 0.1) is 18.0 Å². The van der Waals surface area contributed by atoms with Gasteiger partial charge in [0.25, 0.3) is 5.91 Å². The quantitative estimate of drug-likeness (QED) is 0.784. The number of thiophene rings is 1. The Morgan fingerprint density at radius 3 is 2.72 bits per heavy atom. The zero-order valence-electron chi connectivity index (χ0n) is 14.8. The summed E-state index contributed by atoms with van der Waals surface area (Å²) in [7, 11) is 1.63. The molecule has 0 aliphatic rings. The molecule has 1 N–H and O–H groups in total. The highest BCUT2D eigenvalue weighted by Crippen LogP contribution is 2.24. The zero-order valence-corrected chi connectivity index (χ0v) is 15.6. The average Bonchev–Trinajstić information content (AvgIpc) is 3.17. The standard InChI is InChI=1S/C19H24N2O3S/c1-4-21(14(2)15-7-5-8-16(13-15)24-3)18(22)10-11-20-19(23)17-9-6-12-25-17/h5-9,12-14H,4,10-11H2,1-3H3,(H,20,23). The number of ether oxygens (including phenoxy) is 1. The first-order valence-electron chi connectivity index (χ1n) is 8.32. The van der Waals surface area contributed by atoms with Crippen LogP contribution in [-0.4, -0.2) is 36.9 Å². The minimum absolute atomic E-state index is 0.0179. The van der Waals surface area contributed by atoms with E-state index in [0.717, 1.165) is 11.3 Å². The summed E-state index contributed by atoms with van der Waals surface area (Å²) in [4.78, 5) is 26.9. The highest BCUT2D eigenvalue weighted by molar-refractivity contribution is 7.12. The number of hydrogen-bond donors (Lipinski definition) is 1. The number of rotatable bonds is 8. The van der Waals surface area contributed by atoms with Crippen molar-refractivity contribution in [2.45, 2.75) is 26.3 Å². The lowest BCUT2D eigenvalue weighted by Gasteiger charge is -2.29. The molecular formula is C19H24N2O3S. The molecule has 25 heavy (non-hydrogen) atoms. The predicted molar refractivity (Wildman–Crippen MR) is 100 cm³/mol. The Morgan fingerprint density at radius 1 is 1.28 bits per heavy atom. The largest absolute Gasteiger partial charge is 0.497 e. The van der Waals surface area contributed by atoms with Crippen LogP contribution in [0.15, 0.2) is 41.8 Å². The van der Waals surface area contributed by atoms with E-state index in [2.05, 4.69) is 5.32 Å². The molecule has 134 valence electrons. The van der Waals surface area contributed by atoms with Crippen LogP contribution in [0.2, 0.25) is 0 Å². The van der Waals surface area contributed by atoms with Crippen molar-refractivity contribution in [2.75, 3.05) is 20.2 Å². The highest BCUT2D eigenvalue weighted by atomic mass is 32.1. The number of amides is 2. The van der Waals surface area contributed by atoms with Gasteiger partial charge in [0, 0.05) is 19.5 Å². The average molecular weight is 360 g/mol. The van der Waals surface area contributed by atoms with Crippen LogP contribution in [0.1, 0.15) is 41.5 Å². The van der Waals surface area contributed by atoms with E-state index in [0.29, 0.717) is 18.0 Å². The smallest absolute Gasteiger partial charge is 0.261 e. The fourth-order valence-corrected chi connectivity index (χ4v) is 3.31. The van der Waals surface area contributed by atoms with Gasteiger partial charge in [0.1, 0.15) is 5.75 Å². The first kappa shape index (κ1) is 19.0. The van der Waals surface area contributed by atoms with Gasteiger partial charge >= 0.3 is 0 Å². The fourth-order valence-electron chi connectivity index (χ4n) is 2.67. The number of carbonyl (C=O) groups is 2. The van der Waals surface area contributed by atoms with E-state index in [1.807, 2.05) is 54.5 Å². The summed E-state index contributed by atoms with van der Waals surface area (Å²) in [5.41, 5.74) is 1.03. The first-order valence-corrected chi connectivity index (χ1v) is 9.20. The maximum Gasteiger partial charge on any atom is 0.261 e. The third-order valence-corrected chi connectivity index (χ3v) is 4.94. The van der Waals surface area contributed by atoms with Crippen LogP contribution in [0.3, 0.4) is 0 Å². The molecule has 0 fully saturated rings. The van der Waals surface area contributed by atoms with Crippen molar-refractivity contribution in [2.24, 2.45) is 0 Å². The maximum atomic E-state index is 12.6. The molecule has 0 aliphatic carbocycles. The van der Waals surface area contributed by atoms with Gasteiger partial charge in [-0.3, -0.25) is 9.59 Å². The van der Waals surface area contributed by atoms with Crippen molar-refractivity contribution >= 4 is 23.2 Å². The summed E-state index contributed by atoms with van der Waals surface area (Å²) in [5, 5.41) is 4.65. The molecule has 2 rings (SSSR count). The topological polar surface area (TPSA) is 58.6 Å². The van der Waals surface area contributed by atoms with Crippen LogP contribution >= 0.6 is 11.3 Å². The van der Waals surface area contributed by atoms with Crippen LogP contribution < -0.4 is 10.1 Å². The molecular weight excluding hydrogens is 336 g/mol. The van der Waals surface area contributed by atoms with Gasteiger partial charge < -0.3 is 15.0 Å². The minimum Gasteiger partial charge on any atom is -0.497 e. The van der Waals surface area contributed by atoms with E-state index < -0.39 is 0 Å². The lowest BCUT2D eigenvalue weighted by molar-refractivity contribution is -0.133. The van der Waals surface area contributed by atoms with Gasteiger partial charge in [0.15, 0.2) is 0 Å². The van der Waals surface area contributed by atoms with E-state index in [1.54, 1.807) is 13.2 Å². The first-order chi connectivity index (χ1) is 12.1. The van der Waals surface area contributed by atoms with Gasteiger partial charge in [-0.15, -0.1) is 11.3 Å². The lowest BCUT2D eigenvalue weighted by Crippen LogP contribution is -2.36. The molecule has 1 aromatic heterocycles. The number of nitrogens with zero attached hydrogens (tertiary/aromatic N) is 1. The van der Waals surface area contributed by atoms with Crippen molar-refractivity contribution in [1.29, 1.82) is 0 Å². The zero-order chi connectivity index (χ0) is 18.2. The molecule has 0 aliphatic heterocycles. The molecule has 6 heteroatoms. The Labute approximate surface area is 152 Å². The Bertz CT molecular complexity index is 700. The molecule has 0 spiro atoms. The SMILES string of the molecule is CCN(C(=O)CCNC(=O)c1cccs1)C(C)c1cccc(OC)c1. The molecule has 1 unspecified atom stereocenters. The Hall–Kier alpha value is -2.34. The van der Waals surface area contributed by atoms with E-state index in [1.165, 1.54) is 11.3 Å². The van der Waals surface area contributed by atoms with Gasteiger partial charge in [-0.2, -0.15) is 0 Å². The summed E-state index contributed by atoms with van der Waals surface area (Å²) in [6, 6.07) is 11.3. The third kappa shape index (κ3) is 5.06. The van der Waals surface area contributed by atoms with E-state index in [4.69, 9.17) is 4.74 Å². The van der Waals surface area contributed by atoms with Crippen LogP contribution in [0, 0.1) is 0 Å². The molecule has 5 nitrogen and oxygen atoms in total. The maximum absolute atomic E-state index is 12.6. The van der Waals surface area contributed by atoms with Crippen molar-refractivity contribution in [3.8, 4) is 5.75 Å². The number of benzene rings is 1. The molecule has 1 heterocycles. The van der Waals surface area contributed by atoms with Crippen LogP contribution in [0.5, 0.6) is 5.75 Å². The van der Waals surface area contributed by atoms with Gasteiger partial charge in [-0.05, 0) is 43.0 Å². The van der Waals surface area contributed by atoms with Gasteiger partial charge in [-0.25, -0.2) is 0 Å². The number of nitrogens with one attached hydrogen (secondary N) is 1. The third-order valence-electron chi connectivity index (χ3n) is 4.07. The molecule has 0 saturated carbocycles. The summed E-state index contributed by atoms with van der Waals surface area (Å²) in [6.45, 7) is 4.90. The second-order valence-corrected chi connectivity index (χ2v) is 6.56. The summed E-state index contributed by atoms with van der Waals surface area (Å²) >= 11 is 1.39. The van der Waals surface area contributed by atoms with E-state index >= 15 is 0 Å². The summed E-state index contributed by atoms with van der Waals surface area (Å²) in [6.07, 6.45) is 0.277. The summed E-state index contributed by atoms with van der Waals surface area (Å²) in [5.74, 6) is 0.659. The van der Waals surface area contributed by atoms with Crippen LogP contribution in [0.25, 0.3) is 0 Å². The second-order valence-electron chi connectivity index (χ2n) is 5.62. The van der Waals surface area contributed by atoms with Crippen LogP contribution in [-0.2, 0) is 4.79 Å². The molecule has 0 saturated heterocycles. The monoisotopic (exact) mass is 360 g/mol. The van der Waals surface area contributed by atoms with Gasteiger partial charge in [0.2, 0.25) is 5.91 Å². The lowest BCUT2D eigenvalue weighted by atomic mass is 10.1. The van der Waals surface area contributed by atoms with Crippen molar-refractivity contribution in [1.82, 2.24) is 10.2 Å². The Balaban J connectivity index is 1.92. The molecule has 0 radical (unpaired) electrons. The Morgan fingerprint density at radius 2 is 2.08 bits per heavy atom. The highest BCUT2D eigenvalue weighted by Gasteiger charge is 2.20. The minimum atomic E-state index is -0.133. The number of methoxy groups -OCH3 is 1. The second kappa shape index (κ2) is 9.22. The normalized spacial score (nSPS) is 11.6. The molecule has 2 aromatic rings. The van der Waals surface area contributed by atoms with Crippen molar-refractivity contribution < 1.29 is 14.3 Å². The summed E-state index contributed by atoms with van der Waals surface area (Å²) < 4.78 is 5.26. The molecule has 2 amide bonds. The molecule has 1 atom stereocenters. The van der Waals surface area contributed by atoms with Gasteiger partial charge in [-0.1, -0.05) is 18.2 Å². The van der Waals surface area contributed by atoms with E-state index in [9.17, 15) is 9.59 Å². The number of carbonyl (C=O) groups excluding carboxylic acids is 2. The predicted octanol–water partition coefficient (Wildman–Crippen LogP) is 3.49. The van der Waals surface area contributed by atoms with E-state index in [-0.39, 0.29) is 24.3 Å².